The molecule has 1 aromatic carbocycles. The van der Waals surface area contributed by atoms with E-state index in [0.29, 0.717) is 0 Å². The van der Waals surface area contributed by atoms with Gasteiger partial charge in [-0.15, -0.1) is 0 Å². The summed E-state index contributed by atoms with van der Waals surface area (Å²) in [6.45, 7) is -0.00928. The van der Waals surface area contributed by atoms with Gasteiger partial charge in [0.1, 0.15) is 11.9 Å². The number of rotatable bonds is 2. The third kappa shape index (κ3) is 2.11. The first kappa shape index (κ1) is 11.1. The molecule has 0 fully saturated rings. The second-order valence-corrected chi connectivity index (χ2v) is 2.80. The fourth-order valence-electron chi connectivity index (χ4n) is 1.19. The molecule has 0 heterocycles. The molecule has 0 unspecified atom stereocenters. The van der Waals surface area contributed by atoms with Crippen LogP contribution in [0.3, 0.4) is 0 Å². The number of hydrogen-bond donors (Lipinski definition) is 1. The van der Waals surface area contributed by atoms with Gasteiger partial charge >= 0.3 is 5.97 Å². The summed E-state index contributed by atoms with van der Waals surface area (Å²) in [6.07, 6.45) is 0. The molecule has 0 spiro atoms. The number of halogens is 1. The fourth-order valence-corrected chi connectivity index (χ4v) is 1.19. The largest absolute Gasteiger partial charge is 0.465 e. The average molecular weight is 208 g/mol. The lowest BCUT2D eigenvalue weighted by Crippen LogP contribution is -2.07. The molecule has 0 radical (unpaired) electrons. The van der Waals surface area contributed by atoms with Crippen LogP contribution in [0.15, 0.2) is 12.1 Å². The highest BCUT2D eigenvalue weighted by Crippen LogP contribution is 2.16. The third-order valence-electron chi connectivity index (χ3n) is 1.92. The minimum atomic E-state index is -0.763. The van der Waals surface area contributed by atoms with Gasteiger partial charge in [-0.3, -0.25) is 0 Å². The van der Waals surface area contributed by atoms with Crippen molar-refractivity contribution >= 4 is 5.97 Å². The number of methoxy groups -OCH3 is 1. The second-order valence-electron chi connectivity index (χ2n) is 2.80. The van der Waals surface area contributed by atoms with Crippen LogP contribution in [-0.4, -0.2) is 13.1 Å². The molecular formula is C10H9FN2O2. The molecule has 15 heavy (non-hydrogen) atoms. The summed E-state index contributed by atoms with van der Waals surface area (Å²) in [5.74, 6) is -1.42. The molecule has 0 atom stereocenters. The minimum absolute atomic E-state index is 0.00928. The maximum atomic E-state index is 13.3. The van der Waals surface area contributed by atoms with Gasteiger partial charge in [-0.25, -0.2) is 9.18 Å². The maximum Gasteiger partial charge on any atom is 0.337 e. The van der Waals surface area contributed by atoms with Crippen molar-refractivity contribution < 1.29 is 13.9 Å². The monoisotopic (exact) mass is 208 g/mol. The van der Waals surface area contributed by atoms with Gasteiger partial charge in [0.05, 0.1) is 18.2 Å². The van der Waals surface area contributed by atoms with E-state index in [-0.39, 0.29) is 23.2 Å². The Balaban J connectivity index is 3.33. The van der Waals surface area contributed by atoms with E-state index in [9.17, 15) is 9.18 Å². The van der Waals surface area contributed by atoms with Crippen LogP contribution in [0.25, 0.3) is 0 Å². The van der Waals surface area contributed by atoms with Gasteiger partial charge in [0.25, 0.3) is 0 Å². The first-order valence-corrected chi connectivity index (χ1v) is 4.15. The molecule has 0 aliphatic carbocycles. The number of ether oxygens (including phenoxy) is 1. The van der Waals surface area contributed by atoms with Crippen molar-refractivity contribution in [2.75, 3.05) is 7.11 Å². The predicted octanol–water partition coefficient (Wildman–Crippen LogP) is 0.943. The normalized spacial score (nSPS) is 9.47. The van der Waals surface area contributed by atoms with E-state index >= 15 is 0 Å². The number of nitrogens with two attached hydrogens (primary N) is 1. The van der Waals surface area contributed by atoms with Crippen LogP contribution in [0, 0.1) is 17.1 Å². The second kappa shape index (κ2) is 4.53. The molecule has 0 aliphatic rings. The standard InChI is InChI=1S/C10H9FN2O2/c1-15-10(14)6-2-7(4-12)8(5-13)9(11)3-6/h2-3H,4,12H2,1H3. The van der Waals surface area contributed by atoms with E-state index in [2.05, 4.69) is 4.74 Å². The van der Waals surface area contributed by atoms with Gasteiger partial charge in [0.2, 0.25) is 0 Å². The summed E-state index contributed by atoms with van der Waals surface area (Å²) in [6, 6.07) is 4.01. The molecule has 0 amide bonds. The van der Waals surface area contributed by atoms with Gasteiger partial charge in [-0.05, 0) is 17.7 Å². The summed E-state index contributed by atoms with van der Waals surface area (Å²) >= 11 is 0. The van der Waals surface area contributed by atoms with E-state index in [1.807, 2.05) is 0 Å². The number of hydrogen-bond acceptors (Lipinski definition) is 4. The van der Waals surface area contributed by atoms with Crippen molar-refractivity contribution in [3.8, 4) is 6.07 Å². The minimum Gasteiger partial charge on any atom is -0.465 e. The number of nitriles is 1. The van der Waals surface area contributed by atoms with E-state index in [0.717, 1.165) is 6.07 Å². The smallest absolute Gasteiger partial charge is 0.337 e. The molecule has 0 saturated carbocycles. The van der Waals surface area contributed by atoms with Gasteiger partial charge in [0, 0.05) is 6.54 Å². The molecule has 78 valence electrons. The molecule has 4 nitrogen and oxygen atoms in total. The Morgan fingerprint density at radius 3 is 2.80 bits per heavy atom. The van der Waals surface area contributed by atoms with Crippen LogP contribution in [0.5, 0.6) is 0 Å². The summed E-state index contributed by atoms with van der Waals surface area (Å²) in [5, 5.41) is 8.66. The Labute approximate surface area is 86.1 Å². The average Bonchev–Trinajstić information content (AvgIpc) is 2.26. The van der Waals surface area contributed by atoms with Crippen molar-refractivity contribution in [1.82, 2.24) is 0 Å². The highest BCUT2D eigenvalue weighted by atomic mass is 19.1. The highest BCUT2D eigenvalue weighted by Gasteiger charge is 2.14. The zero-order valence-corrected chi connectivity index (χ0v) is 8.08. The van der Waals surface area contributed by atoms with E-state index in [4.69, 9.17) is 11.0 Å². The highest BCUT2D eigenvalue weighted by molar-refractivity contribution is 5.89. The Kier molecular flexibility index (Phi) is 3.37. The van der Waals surface area contributed by atoms with Gasteiger partial charge in [-0.1, -0.05) is 0 Å². The zero-order valence-electron chi connectivity index (χ0n) is 8.08. The van der Waals surface area contributed by atoms with Crippen molar-refractivity contribution in [1.29, 1.82) is 5.26 Å². The lowest BCUT2D eigenvalue weighted by atomic mass is 10.0. The van der Waals surface area contributed by atoms with Crippen molar-refractivity contribution in [3.63, 3.8) is 0 Å². The number of esters is 1. The summed E-state index contributed by atoms with van der Waals surface area (Å²) in [5.41, 5.74) is 5.54. The Bertz CT molecular complexity index is 438. The van der Waals surface area contributed by atoms with Gasteiger partial charge in [-0.2, -0.15) is 5.26 Å². The summed E-state index contributed by atoms with van der Waals surface area (Å²) in [7, 11) is 1.20. The molecule has 2 N–H and O–H groups in total. The number of carbonyl (C=O) groups excluding carboxylic acids is 1. The van der Waals surface area contributed by atoms with Gasteiger partial charge in [0.15, 0.2) is 0 Å². The van der Waals surface area contributed by atoms with Crippen LogP contribution in [-0.2, 0) is 11.3 Å². The van der Waals surface area contributed by atoms with Crippen molar-refractivity contribution in [2.45, 2.75) is 6.54 Å². The molecule has 1 aromatic rings. The first-order chi connectivity index (χ1) is 7.13. The molecule has 0 bridgehead atoms. The predicted molar refractivity (Wildman–Crippen MR) is 50.3 cm³/mol. The topological polar surface area (TPSA) is 76.1 Å². The molecule has 1 rings (SSSR count). The SMILES string of the molecule is COC(=O)c1cc(F)c(C#N)c(CN)c1. The lowest BCUT2D eigenvalue weighted by molar-refractivity contribution is 0.0600. The molecular weight excluding hydrogens is 199 g/mol. The van der Waals surface area contributed by atoms with Crippen LogP contribution in [0.4, 0.5) is 4.39 Å². The van der Waals surface area contributed by atoms with Crippen LogP contribution in [0.1, 0.15) is 21.5 Å². The van der Waals surface area contributed by atoms with E-state index < -0.39 is 11.8 Å². The Morgan fingerprint density at radius 2 is 2.33 bits per heavy atom. The fraction of sp³-hybridized carbons (Fsp3) is 0.200. The Morgan fingerprint density at radius 1 is 1.67 bits per heavy atom. The number of nitrogens with zero attached hydrogens (tertiary/aromatic N) is 1. The van der Waals surface area contributed by atoms with Crippen LogP contribution in [0.2, 0.25) is 0 Å². The summed E-state index contributed by atoms with van der Waals surface area (Å²) < 4.78 is 17.7. The quantitative estimate of drug-likeness (QED) is 0.734. The number of benzene rings is 1. The van der Waals surface area contributed by atoms with Crippen LogP contribution < -0.4 is 5.73 Å². The molecule has 0 saturated heterocycles. The first-order valence-electron chi connectivity index (χ1n) is 4.15. The molecule has 5 heteroatoms. The third-order valence-corrected chi connectivity index (χ3v) is 1.92. The van der Waals surface area contributed by atoms with Gasteiger partial charge < -0.3 is 10.5 Å². The van der Waals surface area contributed by atoms with E-state index in [1.54, 1.807) is 6.07 Å². The van der Waals surface area contributed by atoms with E-state index in [1.165, 1.54) is 13.2 Å². The van der Waals surface area contributed by atoms with Crippen molar-refractivity contribution in [3.05, 3.63) is 34.6 Å². The Hall–Kier alpha value is -1.93. The van der Waals surface area contributed by atoms with Crippen molar-refractivity contribution in [2.24, 2.45) is 5.73 Å². The van der Waals surface area contributed by atoms with Crippen LogP contribution >= 0.6 is 0 Å². The lowest BCUT2D eigenvalue weighted by Gasteiger charge is -2.05. The molecule has 0 aliphatic heterocycles. The molecule has 0 aromatic heterocycles. The summed E-state index contributed by atoms with van der Waals surface area (Å²) in [4.78, 5) is 11.1. The maximum absolute atomic E-state index is 13.3. The number of carbonyl (C=O) groups is 1. The zero-order chi connectivity index (χ0) is 11.4.